The summed E-state index contributed by atoms with van der Waals surface area (Å²) in [5.41, 5.74) is 1.30. The third-order valence-corrected chi connectivity index (χ3v) is 4.70. The fraction of sp³-hybridized carbons (Fsp3) is 0.556. The predicted molar refractivity (Wildman–Crippen MR) is 92.0 cm³/mol. The highest BCUT2D eigenvalue weighted by Crippen LogP contribution is 2.31. The largest absolute Gasteiger partial charge is 0.492 e. The van der Waals surface area contributed by atoms with Gasteiger partial charge in [0.2, 0.25) is 0 Å². The summed E-state index contributed by atoms with van der Waals surface area (Å²) in [7, 11) is 3.76. The number of likely N-dealkylation sites (tertiary alicyclic amines) is 1. The quantitative estimate of drug-likeness (QED) is 0.779. The molecule has 0 bridgehead atoms. The molecular formula is C18H26N4O2. The first-order valence-corrected chi connectivity index (χ1v) is 8.53. The molecule has 2 atom stereocenters. The van der Waals surface area contributed by atoms with Crippen LogP contribution in [0.4, 0.5) is 0 Å². The van der Waals surface area contributed by atoms with Crippen molar-refractivity contribution < 1.29 is 9.47 Å². The molecule has 0 N–H and O–H groups in total. The number of benzene rings is 1. The van der Waals surface area contributed by atoms with Gasteiger partial charge >= 0.3 is 0 Å². The van der Waals surface area contributed by atoms with Crippen LogP contribution in [0.5, 0.6) is 5.75 Å². The smallest absolute Gasteiger partial charge is 0.150 e. The van der Waals surface area contributed by atoms with E-state index < -0.39 is 0 Å². The fourth-order valence-corrected chi connectivity index (χ4v) is 3.28. The number of ether oxygens (including phenoxy) is 2. The molecule has 1 aromatic carbocycles. The summed E-state index contributed by atoms with van der Waals surface area (Å²) >= 11 is 0. The highest BCUT2D eigenvalue weighted by molar-refractivity contribution is 5.28. The van der Waals surface area contributed by atoms with Gasteiger partial charge in [-0.15, -0.1) is 10.2 Å². The van der Waals surface area contributed by atoms with Gasteiger partial charge in [-0.25, -0.2) is 0 Å². The van der Waals surface area contributed by atoms with E-state index in [0.717, 1.165) is 37.5 Å². The Balaban J connectivity index is 1.61. The van der Waals surface area contributed by atoms with Crippen LogP contribution in [0.25, 0.3) is 0 Å². The molecule has 2 aromatic rings. The third-order valence-electron chi connectivity index (χ3n) is 4.70. The van der Waals surface area contributed by atoms with E-state index in [9.17, 15) is 0 Å². The van der Waals surface area contributed by atoms with E-state index in [2.05, 4.69) is 34.2 Å². The molecule has 2 heterocycles. The maximum absolute atomic E-state index is 5.95. The SMILES string of the molecule is CCc1cccc(OCCN2C[C@H](OC)C[C@H]2c2nncn2C)c1. The zero-order chi connectivity index (χ0) is 16.9. The van der Waals surface area contributed by atoms with Crippen LogP contribution in [0.1, 0.15) is 30.8 Å². The Morgan fingerprint density at radius 2 is 2.21 bits per heavy atom. The van der Waals surface area contributed by atoms with Crippen molar-refractivity contribution in [2.45, 2.75) is 31.9 Å². The Hall–Kier alpha value is -1.92. The van der Waals surface area contributed by atoms with Crippen molar-refractivity contribution in [1.29, 1.82) is 0 Å². The van der Waals surface area contributed by atoms with Gasteiger partial charge in [0, 0.05) is 27.2 Å². The Labute approximate surface area is 143 Å². The van der Waals surface area contributed by atoms with Gasteiger partial charge < -0.3 is 14.0 Å². The van der Waals surface area contributed by atoms with Crippen LogP contribution >= 0.6 is 0 Å². The summed E-state index contributed by atoms with van der Waals surface area (Å²) in [6, 6.07) is 8.53. The second kappa shape index (κ2) is 7.77. The van der Waals surface area contributed by atoms with Crippen molar-refractivity contribution in [3.8, 4) is 5.75 Å². The van der Waals surface area contributed by atoms with E-state index in [1.807, 2.05) is 23.7 Å². The van der Waals surface area contributed by atoms with Crippen LogP contribution in [0.3, 0.4) is 0 Å². The van der Waals surface area contributed by atoms with Gasteiger partial charge in [0.1, 0.15) is 24.5 Å². The van der Waals surface area contributed by atoms with E-state index in [1.165, 1.54) is 5.56 Å². The standard InChI is InChI=1S/C18H26N4O2/c1-4-14-6-5-7-15(10-14)24-9-8-22-12-16(23-3)11-17(22)18-20-19-13-21(18)2/h5-7,10,13,16-17H,4,8-9,11-12H2,1-3H3/t16-,17+/m1/s1. The van der Waals surface area contributed by atoms with Crippen LogP contribution in [0, 0.1) is 0 Å². The number of hydrogen-bond donors (Lipinski definition) is 0. The van der Waals surface area contributed by atoms with E-state index >= 15 is 0 Å². The molecule has 1 aromatic heterocycles. The minimum absolute atomic E-state index is 0.230. The first-order chi connectivity index (χ1) is 11.7. The number of nitrogens with zero attached hydrogens (tertiary/aromatic N) is 4. The molecule has 0 radical (unpaired) electrons. The molecule has 24 heavy (non-hydrogen) atoms. The predicted octanol–water partition coefficient (Wildman–Crippen LogP) is 2.22. The van der Waals surface area contributed by atoms with E-state index in [0.29, 0.717) is 6.61 Å². The molecule has 1 aliphatic rings. The fourth-order valence-electron chi connectivity index (χ4n) is 3.28. The monoisotopic (exact) mass is 330 g/mol. The lowest BCUT2D eigenvalue weighted by atomic mass is 10.2. The molecule has 0 saturated carbocycles. The number of methoxy groups -OCH3 is 1. The van der Waals surface area contributed by atoms with Gasteiger partial charge in [-0.2, -0.15) is 0 Å². The zero-order valence-electron chi connectivity index (χ0n) is 14.7. The van der Waals surface area contributed by atoms with Crippen LogP contribution in [-0.2, 0) is 18.2 Å². The second-order valence-corrected chi connectivity index (χ2v) is 6.25. The molecule has 0 amide bonds. The first kappa shape index (κ1) is 16.9. The number of aryl methyl sites for hydroxylation is 2. The van der Waals surface area contributed by atoms with Crippen LogP contribution in [-0.4, -0.2) is 52.6 Å². The van der Waals surface area contributed by atoms with Crippen LogP contribution in [0.2, 0.25) is 0 Å². The topological polar surface area (TPSA) is 52.4 Å². The second-order valence-electron chi connectivity index (χ2n) is 6.25. The van der Waals surface area contributed by atoms with Crippen molar-refractivity contribution in [3.63, 3.8) is 0 Å². The Morgan fingerprint density at radius 1 is 1.33 bits per heavy atom. The van der Waals surface area contributed by atoms with Gasteiger partial charge in [0.25, 0.3) is 0 Å². The highest BCUT2D eigenvalue weighted by Gasteiger charge is 2.35. The number of hydrogen-bond acceptors (Lipinski definition) is 5. The van der Waals surface area contributed by atoms with Gasteiger partial charge in [0.05, 0.1) is 12.1 Å². The molecule has 0 unspecified atom stereocenters. The summed E-state index contributed by atoms with van der Waals surface area (Å²) < 4.78 is 13.5. The molecule has 0 aliphatic carbocycles. The summed E-state index contributed by atoms with van der Waals surface area (Å²) in [5.74, 6) is 1.93. The average molecular weight is 330 g/mol. The first-order valence-electron chi connectivity index (χ1n) is 8.53. The minimum Gasteiger partial charge on any atom is -0.492 e. The molecule has 0 spiro atoms. The number of rotatable bonds is 7. The molecule has 3 rings (SSSR count). The normalized spacial score (nSPS) is 21.3. The summed E-state index contributed by atoms with van der Waals surface area (Å²) in [6.45, 7) is 4.54. The van der Waals surface area contributed by atoms with Gasteiger partial charge in [-0.05, 0) is 30.5 Å². The Morgan fingerprint density at radius 3 is 2.92 bits per heavy atom. The zero-order valence-corrected chi connectivity index (χ0v) is 14.7. The summed E-state index contributed by atoms with van der Waals surface area (Å²) in [5, 5.41) is 8.29. The number of aromatic nitrogens is 3. The van der Waals surface area contributed by atoms with Crippen LogP contribution < -0.4 is 4.74 Å². The highest BCUT2D eigenvalue weighted by atomic mass is 16.5. The Bertz CT molecular complexity index is 658. The third kappa shape index (κ3) is 3.76. The molecule has 1 aliphatic heterocycles. The molecule has 6 nitrogen and oxygen atoms in total. The molecule has 1 saturated heterocycles. The molecule has 6 heteroatoms. The van der Waals surface area contributed by atoms with Crippen LogP contribution in [0.15, 0.2) is 30.6 Å². The maximum atomic E-state index is 5.95. The maximum Gasteiger partial charge on any atom is 0.150 e. The van der Waals surface area contributed by atoms with Crippen molar-refractivity contribution >= 4 is 0 Å². The van der Waals surface area contributed by atoms with E-state index in [1.54, 1.807) is 13.4 Å². The van der Waals surface area contributed by atoms with Gasteiger partial charge in [-0.1, -0.05) is 19.1 Å². The van der Waals surface area contributed by atoms with Gasteiger partial charge in [0.15, 0.2) is 0 Å². The molecule has 1 fully saturated rings. The summed E-state index contributed by atoms with van der Waals surface area (Å²) in [4.78, 5) is 2.38. The minimum atomic E-state index is 0.230. The van der Waals surface area contributed by atoms with E-state index in [-0.39, 0.29) is 12.1 Å². The van der Waals surface area contributed by atoms with Crippen molar-refractivity contribution in [2.24, 2.45) is 7.05 Å². The Kier molecular flexibility index (Phi) is 5.48. The molecular weight excluding hydrogens is 304 g/mol. The average Bonchev–Trinajstić information content (AvgIpc) is 3.20. The lowest BCUT2D eigenvalue weighted by Gasteiger charge is -2.23. The van der Waals surface area contributed by atoms with Gasteiger partial charge in [-0.3, -0.25) is 4.90 Å². The van der Waals surface area contributed by atoms with Crippen molar-refractivity contribution in [2.75, 3.05) is 26.8 Å². The van der Waals surface area contributed by atoms with E-state index in [4.69, 9.17) is 9.47 Å². The van der Waals surface area contributed by atoms with Crippen molar-refractivity contribution in [1.82, 2.24) is 19.7 Å². The lowest BCUT2D eigenvalue weighted by Crippen LogP contribution is -2.30. The lowest BCUT2D eigenvalue weighted by molar-refractivity contribution is 0.105. The molecule has 130 valence electrons. The van der Waals surface area contributed by atoms with Crippen molar-refractivity contribution in [3.05, 3.63) is 42.0 Å². The summed E-state index contributed by atoms with van der Waals surface area (Å²) in [6.07, 6.45) is 3.94.